The molecule has 17 heteroatoms. The van der Waals surface area contributed by atoms with Gasteiger partial charge in [-0.3, -0.25) is 19.6 Å². The zero-order valence-electron chi connectivity index (χ0n) is 18.8. The summed E-state index contributed by atoms with van der Waals surface area (Å²) in [6, 6.07) is 2.93. The number of aromatic nitrogens is 4. The van der Waals surface area contributed by atoms with Crippen LogP contribution in [0.1, 0.15) is 5.69 Å². The molecule has 1 saturated heterocycles. The van der Waals surface area contributed by atoms with Crippen molar-refractivity contribution in [3.63, 3.8) is 0 Å². The fourth-order valence-electron chi connectivity index (χ4n) is 3.53. The zero-order chi connectivity index (χ0) is 25.9. The first-order chi connectivity index (χ1) is 18.0. The number of nitrogens with one attached hydrogen (secondary N) is 2. The number of oxime groups is 1. The number of rotatable bonds is 9. The van der Waals surface area contributed by atoms with E-state index in [9.17, 15) is 19.5 Å². The highest BCUT2D eigenvalue weighted by Gasteiger charge is 2.54. The summed E-state index contributed by atoms with van der Waals surface area (Å²) in [6.45, 7) is 0. The first-order valence-electron chi connectivity index (χ1n) is 10.4. The highest BCUT2D eigenvalue weighted by atomic mass is 32.2. The van der Waals surface area contributed by atoms with E-state index in [0.717, 1.165) is 4.88 Å². The second-order valence-corrected chi connectivity index (χ2v) is 11.1. The summed E-state index contributed by atoms with van der Waals surface area (Å²) in [6.07, 6.45) is -1.54. The second kappa shape index (κ2) is 10.9. The predicted molar refractivity (Wildman–Crippen MR) is 137 cm³/mol. The molecule has 0 saturated carbocycles. The van der Waals surface area contributed by atoms with Crippen LogP contribution in [-0.2, 0) is 19.2 Å². The van der Waals surface area contributed by atoms with E-state index in [0.29, 0.717) is 33.8 Å². The van der Waals surface area contributed by atoms with Crippen LogP contribution in [0.25, 0.3) is 10.7 Å². The van der Waals surface area contributed by atoms with E-state index < -0.39 is 29.4 Å². The van der Waals surface area contributed by atoms with Crippen LogP contribution in [0.15, 0.2) is 50.2 Å². The zero-order valence-corrected chi connectivity index (χ0v) is 22.1. The van der Waals surface area contributed by atoms with Crippen LogP contribution < -0.4 is 5.32 Å². The topological polar surface area (TPSA) is 172 Å². The Hall–Kier alpha value is -3.41. The van der Waals surface area contributed by atoms with Gasteiger partial charge in [-0.25, -0.2) is 14.8 Å². The van der Waals surface area contributed by atoms with E-state index in [-0.39, 0.29) is 11.6 Å². The van der Waals surface area contributed by atoms with E-state index in [1.54, 1.807) is 10.9 Å². The van der Waals surface area contributed by atoms with E-state index in [1.807, 2.05) is 17.5 Å². The minimum Gasteiger partial charge on any atom is -0.449 e. The number of nitrogens with zero attached hydrogens (tertiary/aromatic N) is 5. The Morgan fingerprint density at radius 1 is 1.43 bits per heavy atom. The van der Waals surface area contributed by atoms with Gasteiger partial charge in [-0.1, -0.05) is 23.0 Å². The number of amides is 2. The fourth-order valence-corrected chi connectivity index (χ4v) is 6.98. The van der Waals surface area contributed by atoms with Crippen molar-refractivity contribution in [1.82, 2.24) is 30.4 Å². The molecule has 1 fully saturated rings. The maximum Gasteiger partial charge on any atom is 0.512 e. The van der Waals surface area contributed by atoms with Crippen molar-refractivity contribution in [3.05, 3.63) is 45.6 Å². The first kappa shape index (κ1) is 25.2. The molecule has 192 valence electrons. The van der Waals surface area contributed by atoms with Gasteiger partial charge in [0, 0.05) is 22.5 Å². The Labute approximate surface area is 225 Å². The summed E-state index contributed by atoms with van der Waals surface area (Å²) in [5, 5.41) is 26.3. The highest BCUT2D eigenvalue weighted by Crippen LogP contribution is 2.42. The molecule has 2 aliphatic heterocycles. The van der Waals surface area contributed by atoms with E-state index >= 15 is 0 Å². The molecular formula is C20H17N7O6S4. The van der Waals surface area contributed by atoms with Crippen LogP contribution in [0, 0.1) is 0 Å². The molecule has 2 amide bonds. The van der Waals surface area contributed by atoms with Gasteiger partial charge in [0.15, 0.2) is 11.5 Å². The maximum atomic E-state index is 13.0. The van der Waals surface area contributed by atoms with Gasteiger partial charge < -0.3 is 20.0 Å². The van der Waals surface area contributed by atoms with Gasteiger partial charge in [-0.15, -0.1) is 39.5 Å². The third-order valence-corrected chi connectivity index (χ3v) is 8.87. The summed E-state index contributed by atoms with van der Waals surface area (Å²) >= 11 is 5.48. The summed E-state index contributed by atoms with van der Waals surface area (Å²) in [4.78, 5) is 52.7. The van der Waals surface area contributed by atoms with Crippen molar-refractivity contribution in [2.45, 2.75) is 16.6 Å². The molecule has 5 rings (SSSR count). The fraction of sp³-hybridized carbons (Fsp3) is 0.250. The molecule has 5 heterocycles. The van der Waals surface area contributed by atoms with Crippen molar-refractivity contribution in [2.75, 3.05) is 18.6 Å². The lowest BCUT2D eigenvalue weighted by molar-refractivity contribution is -0.148. The Bertz CT molecular complexity index is 1370. The number of fused-ring (bicyclic) bond motifs is 1. The molecule has 37 heavy (non-hydrogen) atoms. The number of hydrogen-bond donors (Lipinski definition) is 3. The van der Waals surface area contributed by atoms with E-state index in [1.165, 1.54) is 58.2 Å². The number of carboxylic acid groups (broad SMARTS) is 1. The molecule has 0 spiro atoms. The molecule has 3 aromatic rings. The van der Waals surface area contributed by atoms with Crippen LogP contribution >= 0.6 is 46.2 Å². The molecule has 0 aliphatic carbocycles. The van der Waals surface area contributed by atoms with Gasteiger partial charge in [-0.2, -0.15) is 0 Å². The number of carbonyl (C=O) groups is 3. The summed E-state index contributed by atoms with van der Waals surface area (Å²) in [5.74, 6) is 0.125. The summed E-state index contributed by atoms with van der Waals surface area (Å²) in [7, 11) is 1.30. The Balaban J connectivity index is 1.29. The minimum atomic E-state index is -1.54. The van der Waals surface area contributed by atoms with Crippen molar-refractivity contribution in [2.24, 2.45) is 5.16 Å². The van der Waals surface area contributed by atoms with Crippen molar-refractivity contribution in [1.29, 1.82) is 0 Å². The monoisotopic (exact) mass is 579 g/mol. The second-order valence-electron chi connectivity index (χ2n) is 7.37. The number of carbonyl (C=O) groups excluding carboxylic acids is 2. The molecule has 0 aromatic carbocycles. The number of H-pyrrole nitrogens is 1. The molecule has 2 atom stereocenters. The lowest BCUT2D eigenvalue weighted by Crippen LogP contribution is -2.70. The number of aromatic amines is 1. The molecule has 3 N–H and O–H groups in total. The number of ether oxygens (including phenoxy) is 1. The molecule has 2 aliphatic rings. The van der Waals surface area contributed by atoms with Gasteiger partial charge in [0.05, 0.1) is 10.4 Å². The molecule has 1 unspecified atom stereocenters. The highest BCUT2D eigenvalue weighted by molar-refractivity contribution is 8.01. The van der Waals surface area contributed by atoms with Crippen LogP contribution in [0.4, 0.5) is 4.79 Å². The number of thioether (sulfide) groups is 2. The van der Waals surface area contributed by atoms with Crippen molar-refractivity contribution >= 4 is 69.9 Å². The first-order valence-corrected chi connectivity index (χ1v) is 14.3. The summed E-state index contributed by atoms with van der Waals surface area (Å²) in [5.41, 5.74) is 2.38. The standard InChI is InChI=1S/C20H17N7O6S4/c1-32-26-12(10-7-34-8-21-10)15(28)22-13-16(29)27-17(33-20(30)31)9(5-36-18(13)27)6-37-19-23-14(24-25-19)11-3-2-4-35-11/h2-4,7-8,13,18H,5-6H2,1H3,(H,22,28)(H,30,31)(H,23,24,25)/t13?,18-/m0/s1. The van der Waals surface area contributed by atoms with Crippen LogP contribution in [0.5, 0.6) is 0 Å². The summed E-state index contributed by atoms with van der Waals surface area (Å²) < 4.78 is 5.02. The van der Waals surface area contributed by atoms with Gasteiger partial charge in [0.25, 0.3) is 11.8 Å². The average Bonchev–Trinajstić information content (AvgIpc) is 3.67. The van der Waals surface area contributed by atoms with Gasteiger partial charge >= 0.3 is 6.16 Å². The number of thiophene rings is 1. The quantitative estimate of drug-likeness (QED) is 0.112. The maximum absolute atomic E-state index is 13.0. The van der Waals surface area contributed by atoms with Crippen LogP contribution in [0.3, 0.4) is 0 Å². The Morgan fingerprint density at radius 2 is 2.30 bits per heavy atom. The van der Waals surface area contributed by atoms with Gasteiger partial charge in [0.2, 0.25) is 11.0 Å². The number of thiazole rings is 1. The average molecular weight is 580 g/mol. The third-order valence-electron chi connectivity index (χ3n) is 5.13. The van der Waals surface area contributed by atoms with Crippen LogP contribution in [0.2, 0.25) is 0 Å². The molecular weight excluding hydrogens is 563 g/mol. The van der Waals surface area contributed by atoms with Crippen LogP contribution in [-0.4, -0.2) is 83.9 Å². The van der Waals surface area contributed by atoms with Crippen molar-refractivity contribution < 1.29 is 29.1 Å². The molecule has 0 radical (unpaired) electrons. The van der Waals surface area contributed by atoms with E-state index in [4.69, 9.17) is 9.57 Å². The lowest BCUT2D eigenvalue weighted by Gasteiger charge is -2.49. The minimum absolute atomic E-state index is 0.0569. The lowest BCUT2D eigenvalue weighted by atomic mass is 10.1. The van der Waals surface area contributed by atoms with Crippen molar-refractivity contribution in [3.8, 4) is 10.7 Å². The Kier molecular flexibility index (Phi) is 7.45. The molecule has 13 nitrogen and oxygen atoms in total. The van der Waals surface area contributed by atoms with E-state index in [2.05, 4.69) is 30.6 Å². The smallest absolute Gasteiger partial charge is 0.449 e. The normalized spacial score (nSPS) is 19.3. The van der Waals surface area contributed by atoms with Gasteiger partial charge in [0.1, 0.15) is 24.2 Å². The third kappa shape index (κ3) is 5.20. The largest absolute Gasteiger partial charge is 0.512 e. The van der Waals surface area contributed by atoms with Gasteiger partial charge in [-0.05, 0) is 11.4 Å². The predicted octanol–water partition coefficient (Wildman–Crippen LogP) is 2.44. The number of β-lactam (4-membered cyclic amide) rings is 1. The molecule has 3 aromatic heterocycles. The number of hydrogen-bond acceptors (Lipinski definition) is 13. The Morgan fingerprint density at radius 3 is 3.00 bits per heavy atom. The SMILES string of the molecule is CON=C(C(=O)NC1C(=O)N2C(OC(=O)O)=C(CSc3n[nH]c(-c4cccs4)n3)CS[C@@H]12)c1cscn1. The molecule has 0 bridgehead atoms.